The standard InChI is InChI=1S/C19H30/c1-2-7-14(6-1)18-11-5-10-17-12-15-8-3-4-9-16(15)13-19(17)18/h14-16,18H,1-13H2. The van der Waals surface area contributed by atoms with Gasteiger partial charge in [-0.1, -0.05) is 36.8 Å². The summed E-state index contributed by atoms with van der Waals surface area (Å²) in [5.74, 6) is 4.31. The Bertz CT molecular complexity index is 358. The maximum Gasteiger partial charge on any atom is -0.0172 e. The highest BCUT2D eigenvalue weighted by Gasteiger charge is 2.38. The van der Waals surface area contributed by atoms with Crippen molar-refractivity contribution in [2.75, 3.05) is 0 Å². The molecule has 0 spiro atoms. The molecule has 106 valence electrons. The lowest BCUT2D eigenvalue weighted by atomic mass is 9.62. The molecular weight excluding hydrogens is 228 g/mol. The monoisotopic (exact) mass is 258 g/mol. The highest BCUT2D eigenvalue weighted by atomic mass is 14.4. The third-order valence-corrected chi connectivity index (χ3v) is 6.92. The van der Waals surface area contributed by atoms with Crippen molar-refractivity contribution in [3.05, 3.63) is 11.1 Å². The van der Waals surface area contributed by atoms with Crippen molar-refractivity contribution < 1.29 is 0 Å². The molecule has 0 aromatic heterocycles. The van der Waals surface area contributed by atoms with E-state index in [9.17, 15) is 0 Å². The van der Waals surface area contributed by atoms with Gasteiger partial charge in [0.1, 0.15) is 0 Å². The molecule has 0 aromatic carbocycles. The lowest BCUT2D eigenvalue weighted by Crippen LogP contribution is -2.30. The predicted octanol–water partition coefficient (Wildman–Crippen LogP) is 5.87. The molecular formula is C19H30. The van der Waals surface area contributed by atoms with Crippen LogP contribution in [-0.2, 0) is 0 Å². The maximum absolute atomic E-state index is 2.02. The maximum atomic E-state index is 2.02. The van der Waals surface area contributed by atoms with Crippen LogP contribution < -0.4 is 0 Å². The molecule has 4 rings (SSSR count). The minimum atomic E-state index is 1.04. The molecule has 19 heavy (non-hydrogen) atoms. The van der Waals surface area contributed by atoms with Gasteiger partial charge in [0.2, 0.25) is 0 Å². The van der Waals surface area contributed by atoms with Gasteiger partial charge in [0.25, 0.3) is 0 Å². The van der Waals surface area contributed by atoms with Crippen molar-refractivity contribution in [2.24, 2.45) is 23.7 Å². The van der Waals surface area contributed by atoms with Gasteiger partial charge in [0.15, 0.2) is 0 Å². The quantitative estimate of drug-likeness (QED) is 0.516. The summed E-state index contributed by atoms with van der Waals surface area (Å²) < 4.78 is 0. The van der Waals surface area contributed by atoms with Crippen molar-refractivity contribution in [3.8, 4) is 0 Å². The van der Waals surface area contributed by atoms with E-state index in [1.54, 1.807) is 32.1 Å². The molecule has 0 nitrogen and oxygen atoms in total. The van der Waals surface area contributed by atoms with Crippen LogP contribution in [0.3, 0.4) is 0 Å². The van der Waals surface area contributed by atoms with Crippen LogP contribution in [0.2, 0.25) is 0 Å². The lowest BCUT2D eigenvalue weighted by Gasteiger charge is -2.43. The van der Waals surface area contributed by atoms with Crippen molar-refractivity contribution in [1.29, 1.82) is 0 Å². The lowest BCUT2D eigenvalue weighted by molar-refractivity contribution is 0.193. The zero-order valence-electron chi connectivity index (χ0n) is 12.5. The van der Waals surface area contributed by atoms with Gasteiger partial charge in [-0.3, -0.25) is 0 Å². The van der Waals surface area contributed by atoms with Crippen LogP contribution in [-0.4, -0.2) is 0 Å². The number of fused-ring (bicyclic) bond motifs is 1. The zero-order valence-corrected chi connectivity index (χ0v) is 12.5. The molecule has 3 unspecified atom stereocenters. The summed E-state index contributed by atoms with van der Waals surface area (Å²) in [4.78, 5) is 0. The summed E-state index contributed by atoms with van der Waals surface area (Å²) in [5, 5.41) is 0. The molecule has 0 aliphatic heterocycles. The smallest absolute Gasteiger partial charge is 0.0172 e. The van der Waals surface area contributed by atoms with E-state index in [1.807, 2.05) is 11.1 Å². The fraction of sp³-hybridized carbons (Fsp3) is 0.895. The first-order valence-corrected chi connectivity index (χ1v) is 9.12. The second-order valence-electron chi connectivity index (χ2n) is 7.88. The SMILES string of the molecule is C1CCC2CC3=C(CCCC3C3CCCC3)CC2C1. The molecule has 0 N–H and O–H groups in total. The first kappa shape index (κ1) is 12.5. The summed E-state index contributed by atoms with van der Waals surface area (Å²) in [7, 11) is 0. The van der Waals surface area contributed by atoms with Gasteiger partial charge in [0, 0.05) is 0 Å². The van der Waals surface area contributed by atoms with Crippen LogP contribution in [0.5, 0.6) is 0 Å². The topological polar surface area (TPSA) is 0 Å². The summed E-state index contributed by atoms with van der Waals surface area (Å²) in [6.45, 7) is 0. The van der Waals surface area contributed by atoms with Gasteiger partial charge in [-0.15, -0.1) is 0 Å². The van der Waals surface area contributed by atoms with Gasteiger partial charge in [-0.2, -0.15) is 0 Å². The molecule has 0 heterocycles. The van der Waals surface area contributed by atoms with E-state index in [0.717, 1.165) is 23.7 Å². The summed E-state index contributed by atoms with van der Waals surface area (Å²) in [6, 6.07) is 0. The van der Waals surface area contributed by atoms with E-state index in [-0.39, 0.29) is 0 Å². The average Bonchev–Trinajstić information content (AvgIpc) is 2.98. The van der Waals surface area contributed by atoms with Gasteiger partial charge in [0.05, 0.1) is 0 Å². The van der Waals surface area contributed by atoms with E-state index < -0.39 is 0 Å². The zero-order chi connectivity index (χ0) is 12.7. The van der Waals surface area contributed by atoms with Crippen molar-refractivity contribution in [2.45, 2.75) is 83.5 Å². The Balaban J connectivity index is 1.57. The number of allylic oxidation sites excluding steroid dienone is 2. The Morgan fingerprint density at radius 3 is 1.95 bits per heavy atom. The van der Waals surface area contributed by atoms with Crippen LogP contribution in [0.1, 0.15) is 83.5 Å². The largest absolute Gasteiger partial charge is 0.0704 e. The second kappa shape index (κ2) is 5.26. The summed E-state index contributed by atoms with van der Waals surface area (Å²) in [5.41, 5.74) is 3.98. The second-order valence-corrected chi connectivity index (χ2v) is 7.88. The van der Waals surface area contributed by atoms with Gasteiger partial charge < -0.3 is 0 Å². The van der Waals surface area contributed by atoms with E-state index >= 15 is 0 Å². The fourth-order valence-corrected chi connectivity index (χ4v) is 5.96. The predicted molar refractivity (Wildman–Crippen MR) is 81.0 cm³/mol. The third kappa shape index (κ3) is 2.30. The van der Waals surface area contributed by atoms with Crippen LogP contribution in [0, 0.1) is 23.7 Å². The van der Waals surface area contributed by atoms with Crippen molar-refractivity contribution in [1.82, 2.24) is 0 Å². The summed E-state index contributed by atoms with van der Waals surface area (Å²) >= 11 is 0. The number of rotatable bonds is 1. The van der Waals surface area contributed by atoms with Crippen LogP contribution >= 0.6 is 0 Å². The molecule has 4 aliphatic rings. The Hall–Kier alpha value is -0.260. The molecule has 0 amide bonds. The highest BCUT2D eigenvalue weighted by molar-refractivity contribution is 5.25. The van der Waals surface area contributed by atoms with Gasteiger partial charge in [-0.05, 0) is 81.5 Å². The summed E-state index contributed by atoms with van der Waals surface area (Å²) in [6.07, 6.45) is 19.9. The molecule has 0 bridgehead atoms. The van der Waals surface area contributed by atoms with E-state index in [2.05, 4.69) is 0 Å². The first-order chi connectivity index (χ1) is 9.42. The Morgan fingerprint density at radius 1 is 0.579 bits per heavy atom. The number of hydrogen-bond donors (Lipinski definition) is 0. The van der Waals surface area contributed by atoms with Crippen LogP contribution in [0.15, 0.2) is 11.1 Å². The average molecular weight is 258 g/mol. The molecule has 4 aliphatic carbocycles. The molecule has 0 heteroatoms. The normalized spacial score (nSPS) is 40.1. The Labute approximate surface area is 119 Å². The molecule has 3 atom stereocenters. The van der Waals surface area contributed by atoms with Crippen LogP contribution in [0.25, 0.3) is 0 Å². The van der Waals surface area contributed by atoms with E-state index in [1.165, 1.54) is 51.4 Å². The van der Waals surface area contributed by atoms with E-state index in [0.29, 0.717) is 0 Å². The first-order valence-electron chi connectivity index (χ1n) is 9.12. The van der Waals surface area contributed by atoms with Gasteiger partial charge >= 0.3 is 0 Å². The van der Waals surface area contributed by atoms with E-state index in [4.69, 9.17) is 0 Å². The molecule has 2 saturated carbocycles. The Morgan fingerprint density at radius 2 is 1.21 bits per heavy atom. The molecule has 2 fully saturated rings. The van der Waals surface area contributed by atoms with Crippen molar-refractivity contribution in [3.63, 3.8) is 0 Å². The van der Waals surface area contributed by atoms with Gasteiger partial charge in [-0.25, -0.2) is 0 Å². The highest BCUT2D eigenvalue weighted by Crippen LogP contribution is 2.51. The Kier molecular flexibility index (Phi) is 3.46. The minimum absolute atomic E-state index is 1.04. The minimum Gasteiger partial charge on any atom is -0.0704 e. The van der Waals surface area contributed by atoms with Crippen LogP contribution in [0.4, 0.5) is 0 Å². The fourth-order valence-electron chi connectivity index (χ4n) is 5.96. The molecule has 0 aromatic rings. The third-order valence-electron chi connectivity index (χ3n) is 6.92. The number of hydrogen-bond acceptors (Lipinski definition) is 0. The van der Waals surface area contributed by atoms with Crippen molar-refractivity contribution >= 4 is 0 Å². The molecule has 0 saturated heterocycles. The molecule has 0 radical (unpaired) electrons.